The van der Waals surface area contributed by atoms with Crippen LogP contribution in [-0.4, -0.2) is 11.1 Å². The third-order valence-corrected chi connectivity index (χ3v) is 16.9. The second-order valence-electron chi connectivity index (χ2n) is 19.8. The van der Waals surface area contributed by atoms with Crippen molar-refractivity contribution < 1.29 is 9.90 Å². The molecule has 69 heavy (non-hydrogen) atoms. The third kappa shape index (κ3) is 8.87. The molecule has 1 aromatic heterocycles. The van der Waals surface area contributed by atoms with Gasteiger partial charge in [0.25, 0.3) is 0 Å². The number of carbonyl (C=O) groups is 1. The maximum absolute atomic E-state index is 11.8. The minimum absolute atomic E-state index is 0.0207. The lowest BCUT2D eigenvalue weighted by Crippen LogP contribution is -2.26. The number of carboxylic acid groups (broad SMARTS) is 1. The van der Waals surface area contributed by atoms with Crippen molar-refractivity contribution in [3.63, 3.8) is 0 Å². The fraction of sp³-hybridized carbons (Fsp3) is 0.344. The number of allylic oxidation sites excluding steroid dienone is 4. The van der Waals surface area contributed by atoms with Crippen LogP contribution in [0.1, 0.15) is 158 Å². The summed E-state index contributed by atoms with van der Waals surface area (Å²) in [6.07, 6.45) is 20.7. The van der Waals surface area contributed by atoms with Crippen LogP contribution in [0.3, 0.4) is 0 Å². The van der Waals surface area contributed by atoms with Gasteiger partial charge in [0.15, 0.2) is 0 Å². The largest absolute Gasteiger partial charge is 0.477 e. The fourth-order valence-electron chi connectivity index (χ4n) is 12.2. The highest BCUT2D eigenvalue weighted by Gasteiger charge is 2.44. The molecule has 6 aromatic rings. The highest BCUT2D eigenvalue weighted by Crippen LogP contribution is 2.58. The van der Waals surface area contributed by atoms with Crippen LogP contribution in [0.5, 0.6) is 0 Å². The first kappa shape index (κ1) is 47.8. The zero-order valence-corrected chi connectivity index (χ0v) is 42.3. The molecule has 3 aliphatic rings. The van der Waals surface area contributed by atoms with Gasteiger partial charge in [-0.05, 0) is 173 Å². The molecule has 0 amide bonds. The summed E-state index contributed by atoms with van der Waals surface area (Å²) < 4.78 is 0. The molecule has 0 fully saturated rings. The van der Waals surface area contributed by atoms with Crippen molar-refractivity contribution in [3.05, 3.63) is 177 Å². The van der Waals surface area contributed by atoms with Gasteiger partial charge in [-0.1, -0.05) is 158 Å². The summed E-state index contributed by atoms with van der Waals surface area (Å²) in [5, 5.41) is 19.2. The first-order chi connectivity index (χ1) is 33.7. The minimum atomic E-state index is -1.15. The molecule has 3 aliphatic carbocycles. The van der Waals surface area contributed by atoms with E-state index < -0.39 is 5.97 Å². The lowest BCUT2D eigenvalue weighted by molar-refractivity contribution is -0.132. The predicted molar refractivity (Wildman–Crippen MR) is 291 cm³/mol. The van der Waals surface area contributed by atoms with Gasteiger partial charge in [0.2, 0.25) is 0 Å². The van der Waals surface area contributed by atoms with E-state index in [1.165, 1.54) is 118 Å². The van der Waals surface area contributed by atoms with Gasteiger partial charge in [0.05, 0.1) is 0 Å². The van der Waals surface area contributed by atoms with Gasteiger partial charge in [0.1, 0.15) is 11.6 Å². The van der Waals surface area contributed by atoms with Gasteiger partial charge in [-0.2, -0.15) is 5.26 Å². The number of thiophene rings is 1. The summed E-state index contributed by atoms with van der Waals surface area (Å²) in [7, 11) is 0. The molecule has 9 rings (SSSR count). The summed E-state index contributed by atoms with van der Waals surface area (Å²) in [6, 6.07) is 48.8. The number of carboxylic acids is 1. The van der Waals surface area contributed by atoms with Crippen LogP contribution in [0, 0.1) is 11.3 Å². The molecule has 4 nitrogen and oxygen atoms in total. The number of aliphatic carboxylic acids is 1. The quantitative estimate of drug-likeness (QED) is 0.0649. The Balaban J connectivity index is 1.15. The number of unbranched alkanes of at least 4 members (excludes halogenated alkanes) is 4. The Hall–Kier alpha value is -6.22. The normalized spacial score (nSPS) is 15.9. The number of fused-ring (bicyclic) bond motifs is 6. The second-order valence-corrected chi connectivity index (χ2v) is 20.9. The van der Waals surface area contributed by atoms with E-state index in [0.29, 0.717) is 12.0 Å². The standard InChI is InChI=1S/C64H68N2O2S/c1-6-10-37-63(38-11-7-2)57-23-16-14-20-52(57)54-34-30-48(41-59(54)63)66(49-31-35-55-53-21-15-17-24-58(53)64(39-12-8-3,40-13-9-4)60(55)42-49)47-28-25-46(26-29-47)61-36-33-50(69-61)32-27-45-19-18-22-51(44(45)5)56(43-65)62(67)68/h14-17,20-21,23-36,41-42H,6-13,18-19,22,37-40H2,1-5H3,(H,67,68)/b32-27+,56-51+. The number of nitrogens with zero attached hydrogens (tertiary/aromatic N) is 2. The van der Waals surface area contributed by atoms with Crippen LogP contribution in [0.4, 0.5) is 17.1 Å². The minimum Gasteiger partial charge on any atom is -0.477 e. The highest BCUT2D eigenvalue weighted by atomic mass is 32.1. The number of hydrogen-bond acceptors (Lipinski definition) is 4. The van der Waals surface area contributed by atoms with Crippen molar-refractivity contribution >= 4 is 40.4 Å². The SMILES string of the molecule is CCCCC1(CCCC)c2ccccc2-c2ccc(N(c3ccc(-c4ccc(/C=C/C5=C(C)C(=C(\C#N)C(=O)O)/CCC5)s4)cc3)c3ccc4c(c3)C(CCCC)(CCCC)c3ccccc3-4)cc21. The first-order valence-electron chi connectivity index (χ1n) is 26.0. The number of anilines is 3. The molecule has 5 heteroatoms. The molecule has 352 valence electrons. The van der Waals surface area contributed by atoms with E-state index >= 15 is 0 Å². The number of nitriles is 1. The molecule has 0 spiro atoms. The molecule has 0 aliphatic heterocycles. The van der Waals surface area contributed by atoms with Crippen molar-refractivity contribution in [2.45, 2.75) is 142 Å². The smallest absolute Gasteiger partial charge is 0.346 e. The number of hydrogen-bond donors (Lipinski definition) is 1. The van der Waals surface area contributed by atoms with E-state index in [-0.39, 0.29) is 16.4 Å². The molecule has 0 atom stereocenters. The topological polar surface area (TPSA) is 64.3 Å². The lowest BCUT2D eigenvalue weighted by atomic mass is 9.70. The highest BCUT2D eigenvalue weighted by molar-refractivity contribution is 7.16. The molecular weight excluding hydrogens is 861 g/mol. The molecular formula is C64H68N2O2S. The van der Waals surface area contributed by atoms with Crippen LogP contribution in [-0.2, 0) is 15.6 Å². The Kier molecular flexibility index (Phi) is 14.4. The summed E-state index contributed by atoms with van der Waals surface area (Å²) in [5.74, 6) is -1.15. The Labute approximate surface area is 415 Å². The average molecular weight is 929 g/mol. The first-order valence-corrected chi connectivity index (χ1v) is 26.8. The fourth-order valence-corrected chi connectivity index (χ4v) is 13.1. The maximum Gasteiger partial charge on any atom is 0.346 e. The summed E-state index contributed by atoms with van der Waals surface area (Å²) >= 11 is 1.76. The van der Waals surface area contributed by atoms with Gasteiger partial charge >= 0.3 is 5.97 Å². The molecule has 0 saturated carbocycles. The van der Waals surface area contributed by atoms with Crippen LogP contribution >= 0.6 is 11.3 Å². The molecule has 0 bridgehead atoms. The Morgan fingerprint density at radius 3 is 1.61 bits per heavy atom. The predicted octanol–water partition coefficient (Wildman–Crippen LogP) is 18.6. The van der Waals surface area contributed by atoms with Crippen LogP contribution in [0.25, 0.3) is 38.8 Å². The van der Waals surface area contributed by atoms with Crippen molar-refractivity contribution in [1.29, 1.82) is 5.26 Å². The van der Waals surface area contributed by atoms with Crippen LogP contribution < -0.4 is 4.90 Å². The molecule has 1 N–H and O–H groups in total. The average Bonchev–Trinajstić information content (AvgIpc) is 4.04. The van der Waals surface area contributed by atoms with Gasteiger partial charge in [-0.15, -0.1) is 11.3 Å². The van der Waals surface area contributed by atoms with E-state index in [4.69, 9.17) is 0 Å². The summed E-state index contributed by atoms with van der Waals surface area (Å²) in [5.41, 5.74) is 18.8. The van der Waals surface area contributed by atoms with E-state index in [1.54, 1.807) is 11.3 Å². The van der Waals surface area contributed by atoms with Gasteiger partial charge in [0, 0.05) is 37.6 Å². The van der Waals surface area contributed by atoms with Gasteiger partial charge < -0.3 is 10.0 Å². The second kappa shape index (κ2) is 20.8. The number of rotatable bonds is 19. The van der Waals surface area contributed by atoms with E-state index in [1.807, 2.05) is 13.0 Å². The molecule has 1 heterocycles. The zero-order valence-electron chi connectivity index (χ0n) is 41.5. The number of benzene rings is 5. The Bertz CT molecular complexity index is 2860. The monoisotopic (exact) mass is 929 g/mol. The van der Waals surface area contributed by atoms with E-state index in [2.05, 4.69) is 166 Å². The summed E-state index contributed by atoms with van der Waals surface area (Å²) in [4.78, 5) is 16.7. The molecule has 0 unspecified atom stereocenters. The van der Waals surface area contributed by atoms with Crippen molar-refractivity contribution in [2.24, 2.45) is 0 Å². The molecule has 5 aromatic carbocycles. The van der Waals surface area contributed by atoms with Crippen LogP contribution in [0.2, 0.25) is 0 Å². The Morgan fingerprint density at radius 1 is 0.623 bits per heavy atom. The van der Waals surface area contributed by atoms with Crippen LogP contribution in [0.15, 0.2) is 150 Å². The van der Waals surface area contributed by atoms with Gasteiger partial charge in [-0.3, -0.25) is 0 Å². The van der Waals surface area contributed by atoms with Crippen molar-refractivity contribution in [3.8, 4) is 38.8 Å². The summed E-state index contributed by atoms with van der Waals surface area (Å²) in [6.45, 7) is 11.3. The van der Waals surface area contributed by atoms with Crippen molar-refractivity contribution in [1.82, 2.24) is 0 Å². The molecule has 0 radical (unpaired) electrons. The lowest BCUT2D eigenvalue weighted by Gasteiger charge is -2.35. The van der Waals surface area contributed by atoms with Gasteiger partial charge in [-0.25, -0.2) is 4.79 Å². The van der Waals surface area contributed by atoms with E-state index in [0.717, 1.165) is 60.2 Å². The molecule has 0 saturated heterocycles. The van der Waals surface area contributed by atoms with Crippen molar-refractivity contribution in [2.75, 3.05) is 4.90 Å². The zero-order chi connectivity index (χ0) is 48.1. The maximum atomic E-state index is 11.8. The Morgan fingerprint density at radius 2 is 1.12 bits per heavy atom. The van der Waals surface area contributed by atoms with E-state index in [9.17, 15) is 15.2 Å². The third-order valence-electron chi connectivity index (χ3n) is 15.8.